The van der Waals surface area contributed by atoms with Gasteiger partial charge in [0.1, 0.15) is 11.8 Å². The van der Waals surface area contributed by atoms with Crippen LogP contribution in [0.1, 0.15) is 6.92 Å². The fourth-order valence-electron chi connectivity index (χ4n) is 2.18. The number of aliphatic hydroxyl groups excluding tert-OH is 2. The Bertz CT molecular complexity index is 558. The Kier molecular flexibility index (Phi) is 4.83. The standard InChI is InChI=1S/C12H20N6O2/c1-2-17(3-4-19)5-9(20)6-18-8-16-12-10(18)11(13)14-7-15-12/h7-9,19-20H,2-6H2,1H3,(H2,13,14,15)/t9-/m1/s1. The number of fused-ring (bicyclic) bond motifs is 1. The number of rotatable bonds is 7. The minimum atomic E-state index is -0.585. The summed E-state index contributed by atoms with van der Waals surface area (Å²) in [5, 5.41) is 19.1. The molecule has 0 amide bonds. The smallest absolute Gasteiger partial charge is 0.182 e. The van der Waals surface area contributed by atoms with Gasteiger partial charge in [-0.15, -0.1) is 0 Å². The third kappa shape index (κ3) is 3.21. The van der Waals surface area contributed by atoms with E-state index in [1.54, 1.807) is 10.9 Å². The number of nitrogens with two attached hydrogens (primary N) is 1. The molecule has 0 aromatic carbocycles. The van der Waals surface area contributed by atoms with Crippen molar-refractivity contribution >= 4 is 17.0 Å². The van der Waals surface area contributed by atoms with Crippen LogP contribution in [0, 0.1) is 0 Å². The van der Waals surface area contributed by atoms with Crippen LogP contribution in [0.15, 0.2) is 12.7 Å². The summed E-state index contributed by atoms with van der Waals surface area (Å²) in [6, 6.07) is 0. The zero-order valence-corrected chi connectivity index (χ0v) is 11.5. The Hall–Kier alpha value is -1.77. The molecule has 2 heterocycles. The molecule has 0 bridgehead atoms. The van der Waals surface area contributed by atoms with Crippen molar-refractivity contribution in [1.82, 2.24) is 24.4 Å². The first-order valence-corrected chi connectivity index (χ1v) is 6.58. The SMILES string of the molecule is CCN(CCO)C[C@@H](O)Cn1cnc2ncnc(N)c21. The molecular formula is C12H20N6O2. The van der Waals surface area contributed by atoms with E-state index in [2.05, 4.69) is 15.0 Å². The summed E-state index contributed by atoms with van der Waals surface area (Å²) in [4.78, 5) is 14.1. The molecule has 0 aliphatic heterocycles. The normalized spacial score (nSPS) is 13.2. The predicted molar refractivity (Wildman–Crippen MR) is 74.9 cm³/mol. The number of imidazole rings is 1. The summed E-state index contributed by atoms with van der Waals surface area (Å²) < 4.78 is 1.75. The highest BCUT2D eigenvalue weighted by Gasteiger charge is 2.14. The van der Waals surface area contributed by atoms with E-state index in [9.17, 15) is 5.11 Å². The van der Waals surface area contributed by atoms with Crippen molar-refractivity contribution in [3.8, 4) is 0 Å². The predicted octanol–water partition coefficient (Wildman–Crippen LogP) is -0.916. The van der Waals surface area contributed by atoms with Gasteiger partial charge in [0.25, 0.3) is 0 Å². The van der Waals surface area contributed by atoms with E-state index in [1.165, 1.54) is 6.33 Å². The maximum Gasteiger partial charge on any atom is 0.182 e. The van der Waals surface area contributed by atoms with Gasteiger partial charge in [-0.25, -0.2) is 15.0 Å². The van der Waals surface area contributed by atoms with Gasteiger partial charge < -0.3 is 20.5 Å². The lowest BCUT2D eigenvalue weighted by molar-refractivity contribution is 0.0911. The van der Waals surface area contributed by atoms with Crippen LogP contribution in [-0.2, 0) is 6.54 Å². The lowest BCUT2D eigenvalue weighted by Crippen LogP contribution is -2.36. The number of hydrogen-bond donors (Lipinski definition) is 3. The molecule has 8 heteroatoms. The van der Waals surface area contributed by atoms with Gasteiger partial charge >= 0.3 is 0 Å². The van der Waals surface area contributed by atoms with Crippen molar-refractivity contribution < 1.29 is 10.2 Å². The van der Waals surface area contributed by atoms with Gasteiger partial charge in [-0.1, -0.05) is 6.92 Å². The quantitative estimate of drug-likeness (QED) is 0.601. The monoisotopic (exact) mass is 280 g/mol. The summed E-state index contributed by atoms with van der Waals surface area (Å²) in [5.74, 6) is 0.349. The fraction of sp³-hybridized carbons (Fsp3) is 0.583. The van der Waals surface area contributed by atoms with Gasteiger partial charge in [0.15, 0.2) is 11.5 Å². The average Bonchev–Trinajstić information content (AvgIpc) is 2.82. The zero-order valence-electron chi connectivity index (χ0n) is 11.5. The second-order valence-corrected chi connectivity index (χ2v) is 4.60. The fourth-order valence-corrected chi connectivity index (χ4v) is 2.18. The molecule has 2 aromatic heterocycles. The minimum absolute atomic E-state index is 0.0787. The number of aromatic nitrogens is 4. The van der Waals surface area contributed by atoms with Crippen LogP contribution in [0.3, 0.4) is 0 Å². The lowest BCUT2D eigenvalue weighted by Gasteiger charge is -2.22. The van der Waals surface area contributed by atoms with Crippen LogP contribution in [-0.4, -0.2) is 67.0 Å². The van der Waals surface area contributed by atoms with E-state index < -0.39 is 6.10 Å². The van der Waals surface area contributed by atoms with E-state index in [1.807, 2.05) is 11.8 Å². The Balaban J connectivity index is 2.08. The summed E-state index contributed by atoms with van der Waals surface area (Å²) in [6.45, 7) is 4.22. The summed E-state index contributed by atoms with van der Waals surface area (Å²) in [6.07, 6.45) is 2.38. The number of likely N-dealkylation sites (N-methyl/N-ethyl adjacent to an activating group) is 1. The van der Waals surface area contributed by atoms with Gasteiger partial charge in [0, 0.05) is 13.1 Å². The number of aliphatic hydroxyl groups is 2. The molecule has 0 saturated heterocycles. The number of hydrogen-bond acceptors (Lipinski definition) is 7. The summed E-state index contributed by atoms with van der Waals surface area (Å²) in [7, 11) is 0. The van der Waals surface area contributed by atoms with E-state index in [-0.39, 0.29) is 6.61 Å². The van der Waals surface area contributed by atoms with Crippen LogP contribution >= 0.6 is 0 Å². The van der Waals surface area contributed by atoms with Gasteiger partial charge in [-0.05, 0) is 6.54 Å². The molecule has 0 aliphatic rings. The lowest BCUT2D eigenvalue weighted by atomic mass is 10.3. The third-order valence-corrected chi connectivity index (χ3v) is 3.18. The largest absolute Gasteiger partial charge is 0.395 e. The minimum Gasteiger partial charge on any atom is -0.395 e. The first-order valence-electron chi connectivity index (χ1n) is 6.58. The Morgan fingerprint density at radius 3 is 2.90 bits per heavy atom. The number of anilines is 1. The van der Waals surface area contributed by atoms with E-state index in [0.717, 1.165) is 6.54 Å². The van der Waals surface area contributed by atoms with Gasteiger partial charge in [0.05, 0.1) is 25.6 Å². The molecule has 4 N–H and O–H groups in total. The van der Waals surface area contributed by atoms with Crippen molar-refractivity contribution in [3.05, 3.63) is 12.7 Å². The molecule has 8 nitrogen and oxygen atoms in total. The van der Waals surface area contributed by atoms with E-state index >= 15 is 0 Å². The maximum atomic E-state index is 10.1. The highest BCUT2D eigenvalue weighted by Crippen LogP contribution is 2.15. The molecule has 2 rings (SSSR count). The van der Waals surface area contributed by atoms with Crippen molar-refractivity contribution in [3.63, 3.8) is 0 Å². The molecule has 20 heavy (non-hydrogen) atoms. The average molecular weight is 280 g/mol. The topological polar surface area (TPSA) is 113 Å². The van der Waals surface area contributed by atoms with E-state index in [0.29, 0.717) is 36.6 Å². The van der Waals surface area contributed by atoms with Crippen LogP contribution in [0.4, 0.5) is 5.82 Å². The third-order valence-electron chi connectivity index (χ3n) is 3.18. The molecule has 0 aliphatic carbocycles. The maximum absolute atomic E-state index is 10.1. The Morgan fingerprint density at radius 2 is 2.20 bits per heavy atom. The molecule has 0 unspecified atom stereocenters. The molecular weight excluding hydrogens is 260 g/mol. The molecule has 0 fully saturated rings. The summed E-state index contributed by atoms with van der Waals surface area (Å²) in [5.41, 5.74) is 6.97. The molecule has 0 radical (unpaired) electrons. The van der Waals surface area contributed by atoms with Gasteiger partial charge in [0.2, 0.25) is 0 Å². The molecule has 2 aromatic rings. The number of nitrogens with zero attached hydrogens (tertiary/aromatic N) is 5. The van der Waals surface area contributed by atoms with Crippen molar-refractivity contribution in [2.24, 2.45) is 0 Å². The first kappa shape index (κ1) is 14.6. The molecule has 0 spiro atoms. The molecule has 110 valence electrons. The van der Waals surface area contributed by atoms with Crippen molar-refractivity contribution in [1.29, 1.82) is 0 Å². The Labute approximate surface area is 116 Å². The first-order chi connectivity index (χ1) is 9.65. The molecule has 0 saturated carbocycles. The molecule has 1 atom stereocenters. The Morgan fingerprint density at radius 1 is 1.40 bits per heavy atom. The van der Waals surface area contributed by atoms with Crippen LogP contribution in [0.2, 0.25) is 0 Å². The highest BCUT2D eigenvalue weighted by atomic mass is 16.3. The van der Waals surface area contributed by atoms with Crippen molar-refractivity contribution in [2.45, 2.75) is 19.6 Å². The highest BCUT2D eigenvalue weighted by molar-refractivity contribution is 5.81. The second-order valence-electron chi connectivity index (χ2n) is 4.60. The van der Waals surface area contributed by atoms with Gasteiger partial charge in [-0.2, -0.15) is 0 Å². The van der Waals surface area contributed by atoms with Gasteiger partial charge in [-0.3, -0.25) is 4.90 Å². The van der Waals surface area contributed by atoms with Crippen LogP contribution in [0.5, 0.6) is 0 Å². The zero-order chi connectivity index (χ0) is 14.5. The van der Waals surface area contributed by atoms with Crippen molar-refractivity contribution in [2.75, 3.05) is 32.0 Å². The van der Waals surface area contributed by atoms with E-state index in [4.69, 9.17) is 10.8 Å². The van der Waals surface area contributed by atoms with Crippen LogP contribution in [0.25, 0.3) is 11.2 Å². The summed E-state index contributed by atoms with van der Waals surface area (Å²) >= 11 is 0. The van der Waals surface area contributed by atoms with Crippen LogP contribution < -0.4 is 5.73 Å². The second kappa shape index (κ2) is 6.60. The number of nitrogen functional groups attached to an aromatic ring is 1.